The molecule has 0 spiro atoms. The van der Waals surface area contributed by atoms with Crippen LogP contribution in [0.1, 0.15) is 36.1 Å². The van der Waals surface area contributed by atoms with Gasteiger partial charge < -0.3 is 15.5 Å². The third-order valence-corrected chi connectivity index (χ3v) is 3.55. The predicted molar refractivity (Wildman–Crippen MR) is 80.3 cm³/mol. The Balaban J connectivity index is 2.10. The molecule has 0 aliphatic carbocycles. The van der Waals surface area contributed by atoms with E-state index in [2.05, 4.69) is 12.2 Å². The zero-order chi connectivity index (χ0) is 14.4. The molecule has 3 N–H and O–H groups in total. The fraction of sp³-hybridized carbons (Fsp3) is 0.294. The molecule has 2 aromatic rings. The summed E-state index contributed by atoms with van der Waals surface area (Å²) < 4.78 is 0. The lowest BCUT2D eigenvalue weighted by molar-refractivity contribution is 0.280. The summed E-state index contributed by atoms with van der Waals surface area (Å²) in [5.74, 6) is 0.322. The minimum atomic E-state index is 0.0469. The molecule has 0 amide bonds. The first kappa shape index (κ1) is 14.6. The summed E-state index contributed by atoms with van der Waals surface area (Å²) in [6, 6.07) is 15.3. The van der Waals surface area contributed by atoms with Gasteiger partial charge in [0.2, 0.25) is 0 Å². The molecule has 2 aromatic carbocycles. The molecular weight excluding hydrogens is 250 g/mol. The van der Waals surface area contributed by atoms with E-state index in [9.17, 15) is 10.2 Å². The van der Waals surface area contributed by atoms with Crippen LogP contribution < -0.4 is 5.32 Å². The van der Waals surface area contributed by atoms with Crippen LogP contribution in [0.25, 0.3) is 0 Å². The number of phenolic OH excluding ortho intramolecular Hbond substituents is 1. The van der Waals surface area contributed by atoms with Gasteiger partial charge in [0.1, 0.15) is 5.75 Å². The minimum Gasteiger partial charge on any atom is -0.508 e. The van der Waals surface area contributed by atoms with Crippen molar-refractivity contribution in [2.45, 2.75) is 32.5 Å². The van der Waals surface area contributed by atoms with Crippen LogP contribution in [-0.4, -0.2) is 10.2 Å². The molecule has 0 fully saturated rings. The van der Waals surface area contributed by atoms with E-state index >= 15 is 0 Å². The third-order valence-electron chi connectivity index (χ3n) is 3.55. The molecule has 0 radical (unpaired) electrons. The van der Waals surface area contributed by atoms with Gasteiger partial charge in [0.05, 0.1) is 6.61 Å². The Bertz CT molecular complexity index is 554. The van der Waals surface area contributed by atoms with Gasteiger partial charge in [-0.25, -0.2) is 0 Å². The Morgan fingerprint density at radius 2 is 1.65 bits per heavy atom. The number of phenols is 1. The number of nitrogens with one attached hydrogen (secondary N) is 1. The summed E-state index contributed by atoms with van der Waals surface area (Å²) >= 11 is 0. The first-order chi connectivity index (χ1) is 9.76. The molecule has 1 atom stereocenters. The van der Waals surface area contributed by atoms with Crippen LogP contribution in [0.4, 0.5) is 0 Å². The number of hydrogen-bond acceptors (Lipinski definition) is 3. The average molecular weight is 271 g/mol. The third kappa shape index (κ3) is 3.38. The Labute approximate surface area is 119 Å². The second-order valence-corrected chi connectivity index (χ2v) is 4.83. The molecule has 3 nitrogen and oxygen atoms in total. The Kier molecular flexibility index (Phi) is 5.16. The number of aliphatic hydroxyl groups excluding tert-OH is 1. The van der Waals surface area contributed by atoms with Crippen LogP contribution in [0.15, 0.2) is 48.5 Å². The van der Waals surface area contributed by atoms with Crippen LogP contribution in [0, 0.1) is 0 Å². The highest BCUT2D eigenvalue weighted by molar-refractivity contribution is 5.35. The second kappa shape index (κ2) is 7.08. The largest absolute Gasteiger partial charge is 0.508 e. The van der Waals surface area contributed by atoms with Crippen LogP contribution >= 0.6 is 0 Å². The van der Waals surface area contributed by atoms with Gasteiger partial charge in [-0.2, -0.15) is 0 Å². The molecule has 3 heteroatoms. The molecule has 106 valence electrons. The van der Waals surface area contributed by atoms with Gasteiger partial charge in [-0.1, -0.05) is 49.4 Å². The first-order valence-electron chi connectivity index (χ1n) is 6.95. The zero-order valence-electron chi connectivity index (χ0n) is 11.7. The molecule has 1 unspecified atom stereocenters. The quantitative estimate of drug-likeness (QED) is 0.756. The highest BCUT2D eigenvalue weighted by atomic mass is 16.3. The highest BCUT2D eigenvalue weighted by Gasteiger charge is 2.12. The maximum Gasteiger partial charge on any atom is 0.120 e. The fourth-order valence-electron chi connectivity index (χ4n) is 2.37. The lowest BCUT2D eigenvalue weighted by Gasteiger charge is -2.19. The summed E-state index contributed by atoms with van der Waals surface area (Å²) in [6.45, 7) is 2.80. The smallest absolute Gasteiger partial charge is 0.120 e. The summed E-state index contributed by atoms with van der Waals surface area (Å²) in [5.41, 5.74) is 2.94. The molecule has 0 aromatic heterocycles. The Hall–Kier alpha value is -1.84. The lowest BCUT2D eigenvalue weighted by Crippen LogP contribution is -2.21. The molecule has 0 saturated heterocycles. The van der Waals surface area contributed by atoms with E-state index in [1.807, 2.05) is 42.5 Å². The fourth-order valence-corrected chi connectivity index (χ4v) is 2.37. The van der Waals surface area contributed by atoms with Crippen molar-refractivity contribution < 1.29 is 10.2 Å². The number of aliphatic hydroxyl groups is 1. The lowest BCUT2D eigenvalue weighted by atomic mass is 10.0. The SMILES string of the molecule is CCC(NCc1ccccc1CO)c1ccccc1O. The molecule has 0 saturated carbocycles. The standard InChI is InChI=1S/C17H21NO2/c1-2-16(15-9-5-6-10-17(15)20)18-11-13-7-3-4-8-14(13)12-19/h3-10,16,18-20H,2,11-12H2,1H3. The van der Waals surface area contributed by atoms with Gasteiger partial charge in [0.15, 0.2) is 0 Å². The van der Waals surface area contributed by atoms with Gasteiger partial charge in [-0.15, -0.1) is 0 Å². The van der Waals surface area contributed by atoms with Gasteiger partial charge in [0, 0.05) is 18.2 Å². The maximum absolute atomic E-state index is 9.93. The zero-order valence-corrected chi connectivity index (χ0v) is 11.7. The maximum atomic E-state index is 9.93. The summed E-state index contributed by atoms with van der Waals surface area (Å²) in [5, 5.41) is 22.7. The van der Waals surface area contributed by atoms with Crippen molar-refractivity contribution in [1.82, 2.24) is 5.32 Å². The van der Waals surface area contributed by atoms with Crippen LogP contribution in [0.2, 0.25) is 0 Å². The molecule has 0 aliphatic heterocycles. The van der Waals surface area contributed by atoms with Crippen LogP contribution in [0.3, 0.4) is 0 Å². The monoisotopic (exact) mass is 271 g/mol. The molecule has 0 bridgehead atoms. The van der Waals surface area contributed by atoms with E-state index < -0.39 is 0 Å². The van der Waals surface area contributed by atoms with E-state index in [1.54, 1.807) is 6.07 Å². The number of benzene rings is 2. The Morgan fingerprint density at radius 3 is 2.30 bits per heavy atom. The van der Waals surface area contributed by atoms with E-state index in [4.69, 9.17) is 0 Å². The minimum absolute atomic E-state index is 0.0469. The van der Waals surface area contributed by atoms with Gasteiger partial charge >= 0.3 is 0 Å². The first-order valence-corrected chi connectivity index (χ1v) is 6.95. The molecule has 2 rings (SSSR count). The second-order valence-electron chi connectivity index (χ2n) is 4.83. The van der Waals surface area contributed by atoms with Crippen LogP contribution in [0.5, 0.6) is 5.75 Å². The molecule has 20 heavy (non-hydrogen) atoms. The van der Waals surface area contributed by atoms with Gasteiger partial charge in [-0.05, 0) is 23.6 Å². The number of rotatable bonds is 6. The van der Waals surface area contributed by atoms with Crippen molar-refractivity contribution in [1.29, 1.82) is 0 Å². The normalized spacial score (nSPS) is 12.3. The number of aromatic hydroxyl groups is 1. The van der Waals surface area contributed by atoms with E-state index in [0.717, 1.165) is 23.1 Å². The van der Waals surface area contributed by atoms with Crippen molar-refractivity contribution in [2.24, 2.45) is 0 Å². The van der Waals surface area contributed by atoms with Crippen molar-refractivity contribution in [2.75, 3.05) is 0 Å². The van der Waals surface area contributed by atoms with E-state index in [1.165, 1.54) is 0 Å². The van der Waals surface area contributed by atoms with Crippen LogP contribution in [-0.2, 0) is 13.2 Å². The molecule has 0 aliphatic rings. The number of hydrogen-bond donors (Lipinski definition) is 3. The van der Waals surface area contributed by atoms with E-state index in [-0.39, 0.29) is 12.6 Å². The van der Waals surface area contributed by atoms with Crippen molar-refractivity contribution in [3.05, 3.63) is 65.2 Å². The van der Waals surface area contributed by atoms with Gasteiger partial charge in [-0.3, -0.25) is 0 Å². The summed E-state index contributed by atoms with van der Waals surface area (Å²) in [6.07, 6.45) is 0.888. The highest BCUT2D eigenvalue weighted by Crippen LogP contribution is 2.26. The van der Waals surface area contributed by atoms with E-state index in [0.29, 0.717) is 12.3 Å². The predicted octanol–water partition coefficient (Wildman–Crippen LogP) is 3.13. The average Bonchev–Trinajstić information content (AvgIpc) is 2.50. The van der Waals surface area contributed by atoms with Crippen molar-refractivity contribution in [3.8, 4) is 5.75 Å². The molecular formula is C17H21NO2. The Morgan fingerprint density at radius 1 is 1.00 bits per heavy atom. The number of para-hydroxylation sites is 1. The summed E-state index contributed by atoms with van der Waals surface area (Å²) in [4.78, 5) is 0. The van der Waals surface area contributed by atoms with Gasteiger partial charge in [0.25, 0.3) is 0 Å². The summed E-state index contributed by atoms with van der Waals surface area (Å²) in [7, 11) is 0. The topological polar surface area (TPSA) is 52.5 Å². The van der Waals surface area contributed by atoms with Crippen molar-refractivity contribution >= 4 is 0 Å². The van der Waals surface area contributed by atoms with Crippen molar-refractivity contribution in [3.63, 3.8) is 0 Å². The molecule has 0 heterocycles.